The molecule has 0 atom stereocenters. The van der Waals surface area contributed by atoms with Crippen molar-refractivity contribution in [2.45, 2.75) is 0 Å². The largest absolute Gasteiger partial charge is 0.308 e. The first-order chi connectivity index (χ1) is 48.2. The van der Waals surface area contributed by atoms with Gasteiger partial charge in [-0.1, -0.05) is 261 Å². The van der Waals surface area contributed by atoms with Crippen molar-refractivity contribution >= 4 is 92.5 Å². The van der Waals surface area contributed by atoms with E-state index in [1.165, 1.54) is 92.7 Å². The number of hydrogen-bond acceptors (Lipinski definition) is 6. The summed E-state index contributed by atoms with van der Waals surface area (Å²) in [6.45, 7) is 0. The first-order valence-electron chi connectivity index (χ1n) is 32.8. The molecule has 14 aromatic carbocycles. The Kier molecular flexibility index (Phi) is 12.1. The lowest BCUT2D eigenvalue weighted by atomic mass is 9.93. The zero-order chi connectivity index (χ0) is 63.7. The highest BCUT2D eigenvalue weighted by molar-refractivity contribution is 6.32. The van der Waals surface area contributed by atoms with E-state index in [-0.39, 0.29) is 0 Å². The molecule has 1 aliphatic carbocycles. The summed E-state index contributed by atoms with van der Waals surface area (Å²) in [6, 6.07) is 113. The van der Waals surface area contributed by atoms with Gasteiger partial charge in [0.1, 0.15) is 0 Å². The Morgan fingerprint density at radius 1 is 0.186 bits per heavy atom. The molecule has 97 heavy (non-hydrogen) atoms. The molecule has 21 rings (SSSR count). The van der Waals surface area contributed by atoms with Crippen LogP contribution in [0.2, 0.25) is 0 Å². The lowest BCUT2D eigenvalue weighted by molar-refractivity contribution is 1.06. The summed E-state index contributed by atoms with van der Waals surface area (Å²) in [5.74, 6) is 3.85. The Labute approximate surface area is 556 Å². The third kappa shape index (κ3) is 8.38. The molecule has 0 fully saturated rings. The van der Waals surface area contributed by atoms with Crippen LogP contribution in [0.3, 0.4) is 0 Å². The van der Waals surface area contributed by atoms with Crippen LogP contribution in [0.15, 0.2) is 322 Å². The first-order valence-corrected chi connectivity index (χ1v) is 32.8. The molecule has 6 aromatic heterocycles. The normalized spacial score (nSPS) is 11.9. The van der Waals surface area contributed by atoms with Gasteiger partial charge in [-0.15, -0.1) is 0 Å². The van der Waals surface area contributed by atoms with E-state index in [0.717, 1.165) is 66.8 Å². The summed E-state index contributed by atoms with van der Waals surface area (Å²) in [5.41, 5.74) is 21.0. The molecule has 1 aliphatic rings. The Balaban J connectivity index is 0.000000132. The van der Waals surface area contributed by atoms with Crippen molar-refractivity contribution in [3.8, 4) is 102 Å². The molecule has 20 aromatic rings. The number of fused-ring (bicyclic) bond motifs is 8. The molecule has 0 radical (unpaired) electrons. The number of nitrogens with zero attached hydrogens (tertiary/aromatic N) is 9. The number of benzene rings is 14. The molecule has 9 nitrogen and oxygen atoms in total. The fourth-order valence-electron chi connectivity index (χ4n) is 15.4. The molecule has 0 saturated heterocycles. The maximum Gasteiger partial charge on any atom is 0.166 e. The van der Waals surface area contributed by atoms with Crippen molar-refractivity contribution in [1.29, 1.82) is 0 Å². The van der Waals surface area contributed by atoms with E-state index in [0.29, 0.717) is 34.9 Å². The van der Waals surface area contributed by atoms with Crippen molar-refractivity contribution in [2.24, 2.45) is 0 Å². The second-order valence-electron chi connectivity index (χ2n) is 24.8. The zero-order valence-corrected chi connectivity index (χ0v) is 52.1. The smallest absolute Gasteiger partial charge is 0.166 e. The highest BCUT2D eigenvalue weighted by atomic mass is 15.1. The van der Waals surface area contributed by atoms with E-state index >= 15 is 0 Å². The van der Waals surface area contributed by atoms with Gasteiger partial charge in [-0.05, 0) is 99.1 Å². The van der Waals surface area contributed by atoms with Crippen LogP contribution in [-0.4, -0.2) is 43.4 Å². The number of hydrogen-bond donors (Lipinski definition) is 0. The van der Waals surface area contributed by atoms with Crippen LogP contribution in [0.25, 0.3) is 194 Å². The Hall–Kier alpha value is -13.2. The molecule has 0 N–H and O–H groups in total. The minimum Gasteiger partial charge on any atom is -0.308 e. The van der Waals surface area contributed by atoms with Crippen LogP contribution in [0.5, 0.6) is 0 Å². The van der Waals surface area contributed by atoms with Crippen LogP contribution < -0.4 is 0 Å². The monoisotopic (exact) mass is 1240 g/mol. The predicted octanol–water partition coefficient (Wildman–Crippen LogP) is 21.9. The SMILES string of the molecule is c1ccc(-c2nc(-c3ccccc3)nc(-c3ccccc3-n3c4cccc5c4c4c6c(cccc6ccc43)-c3ccccc3-5)n2)cc1.c1ccc(-c2nc(-c3ccccc3)nc(-c3ccccc3-n3c4cccc5c6cccc7c8ccccc8n(c8cccc3c8c54)c67)n2)cc1. The Morgan fingerprint density at radius 2 is 0.536 bits per heavy atom. The van der Waals surface area contributed by atoms with Crippen molar-refractivity contribution in [3.05, 3.63) is 322 Å². The summed E-state index contributed by atoms with van der Waals surface area (Å²) >= 11 is 0. The highest BCUT2D eigenvalue weighted by Gasteiger charge is 2.28. The third-order valence-electron chi connectivity index (χ3n) is 19.5. The lowest BCUT2D eigenvalue weighted by Crippen LogP contribution is -2.03. The van der Waals surface area contributed by atoms with Crippen molar-refractivity contribution in [2.75, 3.05) is 0 Å². The number of rotatable bonds is 8. The molecule has 0 aliphatic heterocycles. The van der Waals surface area contributed by atoms with E-state index in [2.05, 4.69) is 214 Å². The van der Waals surface area contributed by atoms with Crippen molar-refractivity contribution in [1.82, 2.24) is 43.4 Å². The van der Waals surface area contributed by atoms with Crippen molar-refractivity contribution < 1.29 is 0 Å². The second kappa shape index (κ2) is 21.7. The molecule has 9 heteroatoms. The summed E-state index contributed by atoms with van der Waals surface area (Å²) in [4.78, 5) is 30.4. The third-order valence-corrected chi connectivity index (χ3v) is 19.5. The number of aromatic nitrogens is 9. The molecule has 450 valence electrons. The van der Waals surface area contributed by atoms with Gasteiger partial charge in [0, 0.05) is 71.1 Å². The molecule has 0 saturated carbocycles. The maximum atomic E-state index is 5.14. The lowest BCUT2D eigenvalue weighted by Gasteiger charge is -2.16. The molecule has 0 bridgehead atoms. The first kappa shape index (κ1) is 54.3. The van der Waals surface area contributed by atoms with Gasteiger partial charge in [0.25, 0.3) is 0 Å². The number of para-hydroxylation sites is 4. The van der Waals surface area contributed by atoms with E-state index < -0.39 is 0 Å². The zero-order valence-electron chi connectivity index (χ0n) is 52.1. The van der Waals surface area contributed by atoms with Gasteiger partial charge in [-0.25, -0.2) is 29.9 Å². The minimum atomic E-state index is 0.631. The fraction of sp³-hybridized carbons (Fsp3) is 0. The summed E-state index contributed by atoms with van der Waals surface area (Å²) < 4.78 is 7.28. The topological polar surface area (TPSA) is 91.6 Å². The molecule has 0 spiro atoms. The van der Waals surface area contributed by atoms with Crippen molar-refractivity contribution in [3.63, 3.8) is 0 Å². The summed E-state index contributed by atoms with van der Waals surface area (Å²) in [5, 5.41) is 12.6. The summed E-state index contributed by atoms with van der Waals surface area (Å²) in [6.07, 6.45) is 0. The molecular formula is C88H53N9. The van der Waals surface area contributed by atoms with Gasteiger partial charge in [0.15, 0.2) is 34.9 Å². The van der Waals surface area contributed by atoms with E-state index in [9.17, 15) is 0 Å². The average Bonchev–Trinajstić information content (AvgIpc) is 1.54. The molecular weight excluding hydrogens is 1180 g/mol. The van der Waals surface area contributed by atoms with Crippen LogP contribution in [0, 0.1) is 0 Å². The Morgan fingerprint density at radius 3 is 1.09 bits per heavy atom. The van der Waals surface area contributed by atoms with Gasteiger partial charge in [-0.2, -0.15) is 0 Å². The minimum absolute atomic E-state index is 0.631. The van der Waals surface area contributed by atoms with Gasteiger partial charge in [0.05, 0.1) is 50.0 Å². The fourth-order valence-corrected chi connectivity index (χ4v) is 15.4. The maximum absolute atomic E-state index is 5.14. The van der Waals surface area contributed by atoms with E-state index in [1.807, 2.05) is 121 Å². The van der Waals surface area contributed by atoms with E-state index in [1.54, 1.807) is 0 Å². The molecule has 6 heterocycles. The Bertz CT molecular complexity index is 6440. The van der Waals surface area contributed by atoms with Crippen LogP contribution in [0.1, 0.15) is 0 Å². The average molecular weight is 1240 g/mol. The standard InChI is InChI=1S/C45H27N5.C43H26N4/c1-3-14-28(15-4-1)43-46-44(29-16-5-2-6-17-29)48-45(47-43)34-19-8-10-24-36(34)49-37-25-12-20-31-33-22-11-21-32-30-18-7-9-23-35(30)50(42(32)33)39-27-13-26-38(49)41(39)40(31)37;1-3-13-28(14-4-1)41-44-42(29-15-5-2-6-16-29)46-43(45-41)34-20-9-10-23-35(34)47-36-24-12-22-33-31-19-8-7-18-30(31)32-21-11-17-27-25-26-37(47)40(38(27)32)39(33)36/h1-27H;1-26H. The van der Waals surface area contributed by atoms with Crippen LogP contribution in [-0.2, 0) is 0 Å². The summed E-state index contributed by atoms with van der Waals surface area (Å²) in [7, 11) is 0. The predicted molar refractivity (Wildman–Crippen MR) is 398 cm³/mol. The quantitative estimate of drug-likeness (QED) is 0.151. The van der Waals surface area contributed by atoms with Gasteiger partial charge >= 0.3 is 0 Å². The van der Waals surface area contributed by atoms with Crippen LogP contribution in [0.4, 0.5) is 0 Å². The highest BCUT2D eigenvalue weighted by Crippen LogP contribution is 2.51. The van der Waals surface area contributed by atoms with Crippen LogP contribution >= 0.6 is 0 Å². The molecule has 0 amide bonds. The van der Waals surface area contributed by atoms with Gasteiger partial charge in [-0.3, -0.25) is 0 Å². The van der Waals surface area contributed by atoms with E-state index in [4.69, 9.17) is 29.9 Å². The van der Waals surface area contributed by atoms with Gasteiger partial charge in [0.2, 0.25) is 0 Å². The van der Waals surface area contributed by atoms with Gasteiger partial charge < -0.3 is 13.5 Å². The molecule has 0 unspecified atom stereocenters. The second-order valence-corrected chi connectivity index (χ2v) is 24.8.